The zero-order valence-corrected chi connectivity index (χ0v) is 12.2. The minimum absolute atomic E-state index is 0.00109. The molecule has 0 unspecified atom stereocenters. The lowest BCUT2D eigenvalue weighted by atomic mass is 10.1. The molecule has 0 bridgehead atoms. The Bertz CT molecular complexity index is 796. The second-order valence-electron chi connectivity index (χ2n) is 4.25. The van der Waals surface area contributed by atoms with Crippen LogP contribution in [0.1, 0.15) is 15.9 Å². The topological polar surface area (TPSA) is 89.3 Å². The van der Waals surface area contributed by atoms with Crippen molar-refractivity contribution in [2.24, 2.45) is 7.05 Å². The Morgan fingerprint density at radius 3 is 2.45 bits per heavy atom. The first-order chi connectivity index (χ1) is 9.21. The summed E-state index contributed by atoms with van der Waals surface area (Å²) in [4.78, 5) is 12.2. The second kappa shape index (κ2) is 4.92. The number of aromatic hydroxyl groups is 1. The van der Waals surface area contributed by atoms with E-state index >= 15 is 0 Å². The number of benzene rings is 1. The van der Waals surface area contributed by atoms with Gasteiger partial charge in [-0.05, 0) is 18.2 Å². The smallest absolute Gasteiger partial charge is 0.220 e. The van der Waals surface area contributed by atoms with Gasteiger partial charge < -0.3 is 5.11 Å². The summed E-state index contributed by atoms with van der Waals surface area (Å²) in [7, 11) is -1.91. The van der Waals surface area contributed by atoms with Gasteiger partial charge in [0.2, 0.25) is 11.7 Å². The van der Waals surface area contributed by atoms with Crippen LogP contribution >= 0.6 is 11.6 Å². The summed E-state index contributed by atoms with van der Waals surface area (Å²) in [5.74, 6) is -0.807. The largest absolute Gasteiger partial charge is 0.493 e. The van der Waals surface area contributed by atoms with Gasteiger partial charge in [0.05, 0.1) is 16.1 Å². The van der Waals surface area contributed by atoms with E-state index in [1.54, 1.807) is 0 Å². The molecular weight excluding hydrogens is 304 g/mol. The molecule has 0 spiro atoms. The number of sulfone groups is 1. The molecule has 6 nitrogen and oxygen atoms in total. The molecule has 0 fully saturated rings. The number of halogens is 1. The van der Waals surface area contributed by atoms with Crippen molar-refractivity contribution in [1.82, 2.24) is 9.78 Å². The fourth-order valence-electron chi connectivity index (χ4n) is 1.65. The van der Waals surface area contributed by atoms with Gasteiger partial charge in [-0.15, -0.1) is 0 Å². The van der Waals surface area contributed by atoms with Crippen molar-refractivity contribution >= 4 is 27.2 Å². The van der Waals surface area contributed by atoms with Crippen LogP contribution < -0.4 is 0 Å². The zero-order valence-electron chi connectivity index (χ0n) is 10.7. The Hall–Kier alpha value is -1.86. The molecule has 1 N–H and O–H groups in total. The van der Waals surface area contributed by atoms with Crippen LogP contribution in [0, 0.1) is 0 Å². The molecule has 8 heteroatoms. The summed E-state index contributed by atoms with van der Waals surface area (Å²) < 4.78 is 23.9. The van der Waals surface area contributed by atoms with Crippen LogP contribution in [0.3, 0.4) is 0 Å². The molecule has 1 aromatic carbocycles. The molecule has 0 aliphatic rings. The molecule has 0 aliphatic heterocycles. The predicted molar refractivity (Wildman–Crippen MR) is 72.9 cm³/mol. The molecule has 20 heavy (non-hydrogen) atoms. The van der Waals surface area contributed by atoms with E-state index in [1.807, 2.05) is 0 Å². The monoisotopic (exact) mass is 314 g/mol. The Balaban J connectivity index is 2.49. The van der Waals surface area contributed by atoms with Gasteiger partial charge in [0.25, 0.3) is 0 Å². The number of aryl methyl sites for hydroxylation is 1. The zero-order chi connectivity index (χ0) is 15.1. The third kappa shape index (κ3) is 2.54. The van der Waals surface area contributed by atoms with E-state index < -0.39 is 15.6 Å². The molecule has 0 aliphatic carbocycles. The highest BCUT2D eigenvalue weighted by atomic mass is 35.5. The molecule has 0 amide bonds. The van der Waals surface area contributed by atoms with Gasteiger partial charge in [-0.2, -0.15) is 5.10 Å². The van der Waals surface area contributed by atoms with E-state index in [0.29, 0.717) is 0 Å². The van der Waals surface area contributed by atoms with Crippen molar-refractivity contribution in [2.45, 2.75) is 4.90 Å². The average Bonchev–Trinajstić information content (AvgIpc) is 2.68. The number of carbonyl (C=O) groups excluding carboxylic acids is 1. The third-order valence-corrected chi connectivity index (χ3v) is 4.19. The number of rotatable bonds is 3. The van der Waals surface area contributed by atoms with E-state index in [4.69, 9.17) is 11.6 Å². The highest BCUT2D eigenvalue weighted by molar-refractivity contribution is 7.90. The fraction of sp³-hybridized carbons (Fsp3) is 0.167. The summed E-state index contributed by atoms with van der Waals surface area (Å²) in [5, 5.41) is 13.4. The third-order valence-electron chi connectivity index (χ3n) is 2.77. The number of aromatic nitrogens is 2. The highest BCUT2D eigenvalue weighted by Crippen LogP contribution is 2.26. The molecule has 106 valence electrons. The van der Waals surface area contributed by atoms with Gasteiger partial charge in [0.15, 0.2) is 9.84 Å². The molecule has 2 aromatic rings. The second-order valence-corrected chi connectivity index (χ2v) is 6.67. The summed E-state index contributed by atoms with van der Waals surface area (Å²) in [6.45, 7) is 0. The normalized spacial score (nSPS) is 11.6. The summed E-state index contributed by atoms with van der Waals surface area (Å²) in [6, 6.07) is 3.81. The van der Waals surface area contributed by atoms with Gasteiger partial charge in [0.1, 0.15) is 5.56 Å². The van der Waals surface area contributed by atoms with Gasteiger partial charge >= 0.3 is 0 Å². The van der Waals surface area contributed by atoms with Gasteiger partial charge in [0, 0.05) is 18.9 Å². The van der Waals surface area contributed by atoms with Gasteiger partial charge in [-0.3, -0.25) is 4.79 Å². The fourth-order valence-corrected chi connectivity index (χ4v) is 2.63. The highest BCUT2D eigenvalue weighted by Gasteiger charge is 2.20. The number of hydrogen-bond donors (Lipinski definition) is 1. The van der Waals surface area contributed by atoms with Crippen molar-refractivity contribution in [2.75, 3.05) is 6.26 Å². The first-order valence-electron chi connectivity index (χ1n) is 5.47. The lowest BCUT2D eigenvalue weighted by molar-refractivity contribution is 0.103. The van der Waals surface area contributed by atoms with Crippen LogP contribution in [-0.2, 0) is 16.9 Å². The molecule has 0 saturated heterocycles. The predicted octanol–water partition coefficient (Wildman–Crippen LogP) is 1.41. The summed E-state index contributed by atoms with van der Waals surface area (Å²) in [5.41, 5.74) is 0.101. The van der Waals surface area contributed by atoms with Crippen LogP contribution in [0.4, 0.5) is 0 Å². The maximum Gasteiger partial charge on any atom is 0.220 e. The number of hydrogen-bond acceptors (Lipinski definition) is 5. The molecule has 0 radical (unpaired) electrons. The van der Waals surface area contributed by atoms with Crippen molar-refractivity contribution in [3.63, 3.8) is 0 Å². The van der Waals surface area contributed by atoms with Crippen LogP contribution in [0.5, 0.6) is 5.88 Å². The van der Waals surface area contributed by atoms with Crippen LogP contribution in [0.15, 0.2) is 29.3 Å². The van der Waals surface area contributed by atoms with Crippen molar-refractivity contribution in [3.8, 4) is 5.88 Å². The van der Waals surface area contributed by atoms with Gasteiger partial charge in [-0.25, -0.2) is 13.1 Å². The summed E-state index contributed by atoms with van der Waals surface area (Å²) >= 11 is 5.95. The minimum Gasteiger partial charge on any atom is -0.493 e. The first-order valence-corrected chi connectivity index (χ1v) is 7.74. The summed E-state index contributed by atoms with van der Waals surface area (Å²) in [6.07, 6.45) is 2.27. The Kier molecular flexibility index (Phi) is 3.58. The molecule has 0 atom stereocenters. The number of carbonyl (C=O) groups is 1. The van der Waals surface area contributed by atoms with E-state index in [-0.39, 0.29) is 26.9 Å². The van der Waals surface area contributed by atoms with E-state index in [9.17, 15) is 18.3 Å². The lowest BCUT2D eigenvalue weighted by Gasteiger charge is -2.05. The van der Waals surface area contributed by atoms with E-state index in [0.717, 1.165) is 10.9 Å². The van der Waals surface area contributed by atoms with Crippen LogP contribution in [0.2, 0.25) is 5.02 Å². The molecule has 2 rings (SSSR count). The van der Waals surface area contributed by atoms with Gasteiger partial charge in [-0.1, -0.05) is 11.6 Å². The van der Waals surface area contributed by atoms with E-state index in [2.05, 4.69) is 5.10 Å². The van der Waals surface area contributed by atoms with Crippen molar-refractivity contribution in [3.05, 3.63) is 40.5 Å². The van der Waals surface area contributed by atoms with E-state index in [1.165, 1.54) is 31.4 Å². The molecular formula is C12H11ClN2O4S. The quantitative estimate of drug-likeness (QED) is 0.865. The van der Waals surface area contributed by atoms with Crippen molar-refractivity contribution < 1.29 is 18.3 Å². The molecule has 1 heterocycles. The Morgan fingerprint density at radius 1 is 1.35 bits per heavy atom. The Labute approximate surface area is 120 Å². The number of nitrogens with zero attached hydrogens (tertiary/aromatic N) is 2. The maximum absolute atomic E-state index is 12.2. The molecule has 1 aromatic heterocycles. The maximum atomic E-state index is 12.2. The van der Waals surface area contributed by atoms with Crippen LogP contribution in [0.25, 0.3) is 0 Å². The standard InChI is InChI=1S/C12H11ClN2O4S/c1-15-12(17)9(6-14-15)11(16)8-4-3-7(5-10(8)13)20(2,18)19/h3-6,17H,1-2H3. The Morgan fingerprint density at radius 2 is 2.00 bits per heavy atom. The van der Waals surface area contributed by atoms with Crippen LogP contribution in [-0.4, -0.2) is 35.3 Å². The molecule has 0 saturated carbocycles. The SMILES string of the molecule is Cn1ncc(C(=O)c2ccc(S(C)(=O)=O)cc2Cl)c1O. The average molecular weight is 315 g/mol. The van der Waals surface area contributed by atoms with Crippen molar-refractivity contribution in [1.29, 1.82) is 0 Å². The number of ketones is 1. The first kappa shape index (κ1) is 14.5. The minimum atomic E-state index is -3.40. The lowest BCUT2D eigenvalue weighted by Crippen LogP contribution is -2.04.